The van der Waals surface area contributed by atoms with Crippen LogP contribution in [0.4, 0.5) is 5.95 Å². The quantitative estimate of drug-likeness (QED) is 0.328. The van der Waals surface area contributed by atoms with E-state index in [0.29, 0.717) is 24.8 Å². The third kappa shape index (κ3) is 6.04. The van der Waals surface area contributed by atoms with Crippen LogP contribution >= 0.6 is 0 Å². The number of amides is 2. The molecule has 2 aromatic heterocycles. The molecule has 39 heavy (non-hydrogen) atoms. The highest BCUT2D eigenvalue weighted by Gasteiger charge is 2.27. The van der Waals surface area contributed by atoms with Gasteiger partial charge in [0.15, 0.2) is 5.76 Å². The number of nitrogens with one attached hydrogen (secondary N) is 1. The summed E-state index contributed by atoms with van der Waals surface area (Å²) in [4.78, 5) is 32.7. The van der Waals surface area contributed by atoms with Gasteiger partial charge in [0, 0.05) is 30.6 Å². The first-order chi connectivity index (χ1) is 18.9. The molecule has 3 heterocycles. The summed E-state index contributed by atoms with van der Waals surface area (Å²) in [5.41, 5.74) is 4.72. The van der Waals surface area contributed by atoms with Crippen molar-refractivity contribution in [1.29, 1.82) is 0 Å². The molecule has 0 radical (unpaired) electrons. The third-order valence-electron chi connectivity index (χ3n) is 6.91. The molecule has 1 aliphatic rings. The highest BCUT2D eigenvalue weighted by atomic mass is 16.5. The number of ether oxygens (including phenoxy) is 2. The van der Waals surface area contributed by atoms with Crippen LogP contribution in [-0.4, -0.2) is 59.2 Å². The van der Waals surface area contributed by atoms with E-state index in [4.69, 9.17) is 18.9 Å². The molecule has 9 heteroatoms. The van der Waals surface area contributed by atoms with Crippen molar-refractivity contribution in [2.45, 2.75) is 32.8 Å². The Kier molecular flexibility index (Phi) is 7.79. The Morgan fingerprint density at radius 3 is 2.62 bits per heavy atom. The van der Waals surface area contributed by atoms with E-state index in [2.05, 4.69) is 18.3 Å². The molecule has 0 saturated carbocycles. The van der Waals surface area contributed by atoms with Gasteiger partial charge in [0.05, 0.1) is 25.2 Å². The predicted octanol–water partition coefficient (Wildman–Crippen LogP) is 5.02. The van der Waals surface area contributed by atoms with E-state index in [1.807, 2.05) is 54.1 Å². The average Bonchev–Trinajstić information content (AvgIpc) is 3.72. The van der Waals surface area contributed by atoms with Gasteiger partial charge in [-0.25, -0.2) is 4.98 Å². The molecule has 9 nitrogen and oxygen atoms in total. The van der Waals surface area contributed by atoms with Crippen LogP contribution in [0.3, 0.4) is 0 Å². The molecule has 1 N–H and O–H groups in total. The van der Waals surface area contributed by atoms with Crippen LogP contribution in [0.25, 0.3) is 16.9 Å². The van der Waals surface area contributed by atoms with Crippen molar-refractivity contribution in [2.24, 2.45) is 0 Å². The molecule has 1 unspecified atom stereocenters. The second kappa shape index (κ2) is 11.6. The fourth-order valence-electron chi connectivity index (χ4n) is 4.59. The summed E-state index contributed by atoms with van der Waals surface area (Å²) in [5.74, 6) is 0.552. The molecule has 1 atom stereocenters. The maximum atomic E-state index is 13.4. The molecule has 1 saturated heterocycles. The van der Waals surface area contributed by atoms with E-state index in [1.54, 1.807) is 19.2 Å². The number of aryl methyl sites for hydroxylation is 2. The van der Waals surface area contributed by atoms with Crippen molar-refractivity contribution >= 4 is 17.8 Å². The van der Waals surface area contributed by atoms with Crippen molar-refractivity contribution < 1.29 is 23.5 Å². The van der Waals surface area contributed by atoms with Gasteiger partial charge in [-0.2, -0.15) is 0 Å². The van der Waals surface area contributed by atoms with Gasteiger partial charge in [-0.15, -0.1) is 0 Å². The fraction of sp³-hybridized carbons (Fsp3) is 0.300. The van der Waals surface area contributed by atoms with Gasteiger partial charge in [0.25, 0.3) is 5.91 Å². The lowest BCUT2D eigenvalue weighted by molar-refractivity contribution is -0.117. The summed E-state index contributed by atoms with van der Waals surface area (Å²) in [7, 11) is 1.62. The molecule has 1 aliphatic heterocycles. The van der Waals surface area contributed by atoms with E-state index >= 15 is 0 Å². The van der Waals surface area contributed by atoms with Crippen molar-refractivity contribution in [3.05, 3.63) is 83.9 Å². The number of benzene rings is 2. The minimum Gasteiger partial charge on any atom is -0.497 e. The van der Waals surface area contributed by atoms with E-state index in [9.17, 15) is 9.59 Å². The molecule has 2 amide bonds. The Morgan fingerprint density at radius 1 is 1.13 bits per heavy atom. The zero-order valence-electron chi connectivity index (χ0n) is 22.3. The number of carbonyl (C=O) groups excluding carboxylic acids is 2. The van der Waals surface area contributed by atoms with Gasteiger partial charge in [-0.05, 0) is 86.3 Å². The standard InChI is InChI=1S/C30H32N4O5/c1-20-8-11-23(16-21(20)2)34-18-26(22-9-12-24(37-3)13-10-22)31-30(34)32-28(35)19-33(17-25-6-4-14-38-25)29(36)27-7-5-15-39-27/h5,7-13,15-16,18,25H,4,6,14,17,19H2,1-3H3,(H,31,32,35). The lowest BCUT2D eigenvalue weighted by Gasteiger charge is -2.24. The van der Waals surface area contributed by atoms with Gasteiger partial charge >= 0.3 is 0 Å². The van der Waals surface area contributed by atoms with E-state index < -0.39 is 0 Å². The Balaban J connectivity index is 1.42. The molecule has 4 aromatic rings. The summed E-state index contributed by atoms with van der Waals surface area (Å²) in [6, 6.07) is 16.9. The molecular formula is C30H32N4O5. The summed E-state index contributed by atoms with van der Waals surface area (Å²) in [6.45, 7) is 4.88. The van der Waals surface area contributed by atoms with Crippen LogP contribution in [0, 0.1) is 13.8 Å². The van der Waals surface area contributed by atoms with Crippen molar-refractivity contribution in [2.75, 3.05) is 32.1 Å². The monoisotopic (exact) mass is 528 g/mol. The number of methoxy groups -OCH3 is 1. The number of carbonyl (C=O) groups is 2. The van der Waals surface area contributed by atoms with Gasteiger partial charge in [-0.1, -0.05) is 6.07 Å². The van der Waals surface area contributed by atoms with Crippen molar-refractivity contribution in [1.82, 2.24) is 14.5 Å². The summed E-state index contributed by atoms with van der Waals surface area (Å²) >= 11 is 0. The summed E-state index contributed by atoms with van der Waals surface area (Å²) in [5, 5.41) is 2.93. The zero-order valence-corrected chi connectivity index (χ0v) is 22.3. The second-order valence-corrected chi connectivity index (χ2v) is 9.66. The maximum Gasteiger partial charge on any atom is 0.290 e. The number of furan rings is 1. The summed E-state index contributed by atoms with van der Waals surface area (Å²) < 4.78 is 18.2. The van der Waals surface area contributed by atoms with Gasteiger partial charge in [0.2, 0.25) is 11.9 Å². The van der Waals surface area contributed by atoms with E-state index in [-0.39, 0.29) is 30.2 Å². The largest absolute Gasteiger partial charge is 0.497 e. The number of hydrogen-bond donors (Lipinski definition) is 1. The first kappa shape index (κ1) is 26.2. The fourth-order valence-corrected chi connectivity index (χ4v) is 4.59. The van der Waals surface area contributed by atoms with Crippen molar-refractivity contribution in [3.8, 4) is 22.7 Å². The Morgan fingerprint density at radius 2 is 1.95 bits per heavy atom. The molecule has 202 valence electrons. The second-order valence-electron chi connectivity index (χ2n) is 9.66. The minimum absolute atomic E-state index is 0.115. The lowest BCUT2D eigenvalue weighted by Crippen LogP contribution is -2.42. The maximum absolute atomic E-state index is 13.4. The van der Waals surface area contributed by atoms with Crippen LogP contribution in [-0.2, 0) is 9.53 Å². The Bertz CT molecular complexity index is 1440. The molecule has 5 rings (SSSR count). The number of imidazole rings is 1. The highest BCUT2D eigenvalue weighted by molar-refractivity contribution is 5.97. The average molecular weight is 529 g/mol. The van der Waals surface area contributed by atoms with Gasteiger partial charge < -0.3 is 18.8 Å². The van der Waals surface area contributed by atoms with Crippen LogP contribution in [0.2, 0.25) is 0 Å². The Hall–Kier alpha value is -4.37. The highest BCUT2D eigenvalue weighted by Crippen LogP contribution is 2.27. The van der Waals surface area contributed by atoms with E-state index in [1.165, 1.54) is 16.7 Å². The van der Waals surface area contributed by atoms with Gasteiger partial charge in [-0.3, -0.25) is 19.5 Å². The first-order valence-corrected chi connectivity index (χ1v) is 13.0. The van der Waals surface area contributed by atoms with Crippen LogP contribution in [0.5, 0.6) is 5.75 Å². The van der Waals surface area contributed by atoms with Crippen LogP contribution in [0.1, 0.15) is 34.5 Å². The normalized spacial score (nSPS) is 14.8. The smallest absolute Gasteiger partial charge is 0.290 e. The number of nitrogens with zero attached hydrogens (tertiary/aromatic N) is 3. The number of anilines is 1. The molecule has 1 fully saturated rings. The third-order valence-corrected chi connectivity index (χ3v) is 6.91. The summed E-state index contributed by atoms with van der Waals surface area (Å²) in [6.07, 6.45) is 4.99. The van der Waals surface area contributed by atoms with Gasteiger partial charge in [0.1, 0.15) is 12.3 Å². The first-order valence-electron chi connectivity index (χ1n) is 13.0. The zero-order chi connectivity index (χ0) is 27.4. The van der Waals surface area contributed by atoms with Crippen LogP contribution < -0.4 is 10.1 Å². The lowest BCUT2D eigenvalue weighted by atomic mass is 10.1. The molecule has 0 bridgehead atoms. The number of hydrogen-bond acceptors (Lipinski definition) is 6. The number of aromatic nitrogens is 2. The van der Waals surface area contributed by atoms with Crippen molar-refractivity contribution in [3.63, 3.8) is 0 Å². The SMILES string of the molecule is COc1ccc(-c2cn(-c3ccc(C)c(C)c3)c(NC(=O)CN(CC3CCCO3)C(=O)c3ccco3)n2)cc1. The predicted molar refractivity (Wildman–Crippen MR) is 147 cm³/mol. The minimum atomic E-state index is -0.370. The Labute approximate surface area is 227 Å². The molecule has 0 spiro atoms. The molecule has 0 aliphatic carbocycles. The van der Waals surface area contributed by atoms with E-state index in [0.717, 1.165) is 35.4 Å². The molecule has 2 aromatic carbocycles. The number of rotatable bonds is 9. The van der Waals surface area contributed by atoms with Crippen LogP contribution in [0.15, 0.2) is 71.5 Å². The topological polar surface area (TPSA) is 98.8 Å². The molecular weight excluding hydrogens is 496 g/mol.